The van der Waals surface area contributed by atoms with Crippen LogP contribution in [-0.4, -0.2) is 11.8 Å². The number of carbonyl (C=O) groups is 2. The van der Waals surface area contributed by atoms with Crippen LogP contribution in [0.4, 0.5) is 27.2 Å². The van der Waals surface area contributed by atoms with Crippen molar-refractivity contribution in [1.29, 1.82) is 0 Å². The van der Waals surface area contributed by atoms with Crippen LogP contribution in [0.25, 0.3) is 0 Å². The van der Waals surface area contributed by atoms with Crippen LogP contribution >= 0.6 is 0 Å². The largest absolute Gasteiger partial charge is 0.358 e. The molecular formula is C40H69FN4O2. The molecule has 0 unspecified atom stereocenters. The fraction of sp³-hybridized carbons (Fsp3) is 0.700. The van der Waals surface area contributed by atoms with E-state index in [2.05, 4.69) is 56.8 Å². The van der Waals surface area contributed by atoms with Crippen molar-refractivity contribution in [2.75, 3.05) is 21.1 Å². The van der Waals surface area contributed by atoms with Crippen LogP contribution in [0.2, 0.25) is 0 Å². The van der Waals surface area contributed by atoms with Crippen LogP contribution in [0.5, 0.6) is 0 Å². The third kappa shape index (κ3) is 19.6. The number of carbonyl (C=O) groups excluding carboxylic acids is 2. The lowest BCUT2D eigenvalue weighted by atomic mass is 10.1. The van der Waals surface area contributed by atoms with E-state index < -0.39 is 5.91 Å². The second-order valence-corrected chi connectivity index (χ2v) is 13.3. The summed E-state index contributed by atoms with van der Waals surface area (Å²) < 4.78 is 16.0. The summed E-state index contributed by atoms with van der Waals surface area (Å²) in [4.78, 5) is 26.1. The van der Waals surface area contributed by atoms with Gasteiger partial charge >= 0.3 is 0 Å². The predicted molar refractivity (Wildman–Crippen MR) is 203 cm³/mol. The number of unbranched alkanes of at least 4 members (excludes halogenated alkanes) is 16. The molecule has 0 atom stereocenters. The maximum atomic E-state index is 16.0. The highest BCUT2D eigenvalue weighted by Gasteiger charge is 2.23. The maximum absolute atomic E-state index is 16.0. The minimum absolute atomic E-state index is 0.0388. The number of benzene rings is 1. The number of hydrogen-bond acceptors (Lipinski definition) is 4. The Balaban J connectivity index is 3.30. The van der Waals surface area contributed by atoms with E-state index in [4.69, 9.17) is 0 Å². The first-order chi connectivity index (χ1) is 22.8. The van der Waals surface area contributed by atoms with E-state index in [0.29, 0.717) is 24.2 Å². The molecule has 1 aromatic rings. The Hall–Kier alpha value is -2.83. The normalized spacial score (nSPS) is 10.9. The van der Waals surface area contributed by atoms with E-state index in [-0.39, 0.29) is 28.8 Å². The minimum atomic E-state index is -0.602. The fourth-order valence-electron chi connectivity index (χ4n) is 5.66. The number of hydrogen-bond donors (Lipinski definition) is 3. The van der Waals surface area contributed by atoms with E-state index in [0.717, 1.165) is 108 Å². The molecule has 268 valence electrons. The van der Waals surface area contributed by atoms with Crippen molar-refractivity contribution in [1.82, 2.24) is 0 Å². The molecule has 47 heavy (non-hydrogen) atoms. The van der Waals surface area contributed by atoms with Crippen molar-refractivity contribution < 1.29 is 14.1 Å². The SMILES string of the molecule is C=C(CCCCCCC)Nc1cc(NC(=O)CCCCCCC)c(N(F)C(=O)CCCCCCC)cc1NC(=C)CCCCCCC. The molecule has 1 rings (SSSR count). The first-order valence-electron chi connectivity index (χ1n) is 19.1. The molecule has 0 bridgehead atoms. The molecule has 0 radical (unpaired) electrons. The summed E-state index contributed by atoms with van der Waals surface area (Å²) in [6, 6.07) is 3.37. The van der Waals surface area contributed by atoms with Gasteiger partial charge in [0.25, 0.3) is 5.91 Å². The Morgan fingerprint density at radius 1 is 0.532 bits per heavy atom. The van der Waals surface area contributed by atoms with Crippen molar-refractivity contribution in [2.24, 2.45) is 0 Å². The van der Waals surface area contributed by atoms with Crippen LogP contribution in [0.15, 0.2) is 36.7 Å². The van der Waals surface area contributed by atoms with Crippen LogP contribution < -0.4 is 21.1 Å². The molecule has 2 amide bonds. The van der Waals surface area contributed by atoms with E-state index in [1.54, 1.807) is 12.1 Å². The summed E-state index contributed by atoms with van der Waals surface area (Å²) in [7, 11) is 0. The van der Waals surface area contributed by atoms with Crippen LogP contribution in [-0.2, 0) is 9.59 Å². The number of rotatable bonds is 30. The third-order valence-corrected chi connectivity index (χ3v) is 8.63. The van der Waals surface area contributed by atoms with E-state index in [9.17, 15) is 9.59 Å². The fourth-order valence-corrected chi connectivity index (χ4v) is 5.66. The van der Waals surface area contributed by atoms with Gasteiger partial charge in [-0.05, 0) is 50.7 Å². The Labute approximate surface area is 287 Å². The quantitative estimate of drug-likeness (QED) is 0.0569. The summed E-state index contributed by atoms with van der Waals surface area (Å²) >= 11 is 0. The average Bonchev–Trinajstić information content (AvgIpc) is 3.05. The van der Waals surface area contributed by atoms with Crippen molar-refractivity contribution in [3.8, 4) is 0 Å². The van der Waals surface area contributed by atoms with Crippen molar-refractivity contribution in [3.05, 3.63) is 36.7 Å². The second-order valence-electron chi connectivity index (χ2n) is 13.3. The highest BCUT2D eigenvalue weighted by atomic mass is 19.2. The molecule has 0 fully saturated rings. The molecule has 6 nitrogen and oxygen atoms in total. The third-order valence-electron chi connectivity index (χ3n) is 8.63. The van der Waals surface area contributed by atoms with E-state index >= 15 is 4.48 Å². The number of nitrogens with one attached hydrogen (secondary N) is 3. The first-order valence-corrected chi connectivity index (χ1v) is 19.1. The molecule has 7 heteroatoms. The molecule has 0 aromatic heterocycles. The van der Waals surface area contributed by atoms with Crippen molar-refractivity contribution >= 4 is 34.6 Å². The van der Waals surface area contributed by atoms with Gasteiger partial charge in [0.05, 0.1) is 17.1 Å². The van der Waals surface area contributed by atoms with Crippen LogP contribution in [0.1, 0.15) is 182 Å². The minimum Gasteiger partial charge on any atom is -0.358 e. The molecule has 0 heterocycles. The molecule has 0 saturated carbocycles. The Morgan fingerprint density at radius 3 is 1.36 bits per heavy atom. The van der Waals surface area contributed by atoms with Crippen LogP contribution in [0, 0.1) is 0 Å². The van der Waals surface area contributed by atoms with Crippen LogP contribution in [0.3, 0.4) is 0 Å². The highest BCUT2D eigenvalue weighted by molar-refractivity contribution is 6.02. The Bertz CT molecular complexity index is 1040. The summed E-state index contributed by atoms with van der Waals surface area (Å²) in [5.41, 5.74) is 3.30. The standard InChI is InChI=1S/C40H69FN4O2/c1-7-11-15-19-23-27-33(5)42-35-31-37(44-39(46)29-25-21-17-13-9-3)38(45(41)40(47)30-26-22-18-14-10-4)32-36(35)43-34(6)28-24-20-16-12-8-2/h31-32,42-43H,5-30H2,1-4H3,(H,44,46). The molecule has 3 N–H and O–H groups in total. The molecule has 0 saturated heterocycles. The number of amides is 2. The number of halogens is 1. The smallest absolute Gasteiger partial charge is 0.255 e. The van der Waals surface area contributed by atoms with Gasteiger partial charge in [-0.15, -0.1) is 5.12 Å². The molecular weight excluding hydrogens is 587 g/mol. The molecule has 0 aliphatic heterocycles. The number of allylic oxidation sites excluding steroid dienone is 2. The van der Waals surface area contributed by atoms with Gasteiger partial charge in [0.1, 0.15) is 5.69 Å². The zero-order valence-electron chi connectivity index (χ0n) is 30.7. The number of anilines is 4. The van der Waals surface area contributed by atoms with Crippen molar-refractivity contribution in [2.45, 2.75) is 182 Å². The lowest BCUT2D eigenvalue weighted by Gasteiger charge is -2.23. The van der Waals surface area contributed by atoms with Gasteiger partial charge in [-0.25, -0.2) is 0 Å². The molecule has 0 aliphatic rings. The first kappa shape index (κ1) is 42.2. The molecule has 0 spiro atoms. The van der Waals surface area contributed by atoms with Gasteiger partial charge < -0.3 is 16.0 Å². The Morgan fingerprint density at radius 2 is 0.915 bits per heavy atom. The predicted octanol–water partition coefficient (Wildman–Crippen LogP) is 13.1. The zero-order valence-corrected chi connectivity index (χ0v) is 30.7. The zero-order chi connectivity index (χ0) is 34.7. The van der Waals surface area contributed by atoms with Gasteiger partial charge in [-0.1, -0.05) is 148 Å². The van der Waals surface area contributed by atoms with Gasteiger partial charge in [-0.3, -0.25) is 9.59 Å². The van der Waals surface area contributed by atoms with Gasteiger partial charge in [0, 0.05) is 24.2 Å². The van der Waals surface area contributed by atoms with E-state index in [1.165, 1.54) is 38.5 Å². The second kappa shape index (κ2) is 27.2. The van der Waals surface area contributed by atoms with Crippen molar-refractivity contribution in [3.63, 3.8) is 0 Å². The number of nitrogens with zero attached hydrogens (tertiary/aromatic N) is 1. The molecule has 1 aromatic carbocycles. The van der Waals surface area contributed by atoms with Gasteiger partial charge in [-0.2, -0.15) is 0 Å². The van der Waals surface area contributed by atoms with Gasteiger partial charge in [0.2, 0.25) is 5.91 Å². The van der Waals surface area contributed by atoms with Gasteiger partial charge in [0.15, 0.2) is 0 Å². The summed E-state index contributed by atoms with van der Waals surface area (Å²) in [5, 5.41) is 10.0. The average molecular weight is 657 g/mol. The van der Waals surface area contributed by atoms with E-state index in [1.807, 2.05) is 0 Å². The highest BCUT2D eigenvalue weighted by Crippen LogP contribution is 2.38. The monoisotopic (exact) mass is 657 g/mol. The lowest BCUT2D eigenvalue weighted by Crippen LogP contribution is -2.24. The summed E-state index contributed by atoms with van der Waals surface area (Å²) in [6.45, 7) is 17.3. The summed E-state index contributed by atoms with van der Waals surface area (Å²) in [5.74, 6) is -0.782. The summed E-state index contributed by atoms with van der Waals surface area (Å²) in [6.07, 6.45) is 23.6. The topological polar surface area (TPSA) is 73.5 Å². The molecule has 0 aliphatic carbocycles. The Kier molecular flexibility index (Phi) is 24.4. The lowest BCUT2D eigenvalue weighted by molar-refractivity contribution is -0.121. The maximum Gasteiger partial charge on any atom is 0.255 e.